The summed E-state index contributed by atoms with van der Waals surface area (Å²) in [6.45, 7) is 0. The van der Waals surface area contributed by atoms with Crippen molar-refractivity contribution >= 4 is 53.4 Å². The second-order valence-corrected chi connectivity index (χ2v) is 31.4. The molecule has 0 atom stereocenters. The van der Waals surface area contributed by atoms with Gasteiger partial charge in [-0.15, -0.1) is 11.3 Å². The van der Waals surface area contributed by atoms with Gasteiger partial charge in [-0.2, -0.15) is 0 Å². The number of rotatable bonds is 16. The minimum atomic E-state index is 0.552. The van der Waals surface area contributed by atoms with Gasteiger partial charge in [0, 0.05) is 69.9 Å². The Morgan fingerprint density at radius 3 is 0.848 bits per heavy atom. The third-order valence-electron chi connectivity index (χ3n) is 22.5. The number of hydrogen-bond donors (Lipinski definition) is 0. The normalized spacial score (nSPS) is 11.2. The first-order valence-corrected chi connectivity index (χ1v) is 42.3. The maximum absolute atomic E-state index is 6.28. The number of nitrogens with zero attached hydrogens (tertiary/aromatic N) is 6. The Hall–Kier alpha value is -16.6. The molecule has 590 valence electrons. The van der Waals surface area contributed by atoms with E-state index in [0.717, 1.165) is 112 Å². The summed E-state index contributed by atoms with van der Waals surface area (Å²) < 4.78 is 26.0. The largest absolute Gasteiger partial charge is 0.461 e. The molecule has 23 rings (SSSR count). The van der Waals surface area contributed by atoms with Crippen molar-refractivity contribution in [2.45, 2.75) is 0 Å². The van der Waals surface area contributed by atoms with Crippen LogP contribution in [0.4, 0.5) is 0 Å². The van der Waals surface area contributed by atoms with E-state index in [-0.39, 0.29) is 0 Å². The van der Waals surface area contributed by atoms with E-state index in [4.69, 9.17) is 47.6 Å². The molecule has 8 aromatic heterocycles. The van der Waals surface area contributed by atoms with Gasteiger partial charge in [-0.25, -0.2) is 29.9 Å². The molecule has 11 heteroatoms. The Labute approximate surface area is 725 Å². The van der Waals surface area contributed by atoms with Crippen LogP contribution in [0.25, 0.3) is 222 Å². The van der Waals surface area contributed by atoms with Gasteiger partial charge in [0.1, 0.15) is 11.2 Å². The Morgan fingerprint density at radius 1 is 0.184 bits per heavy atom. The van der Waals surface area contributed by atoms with E-state index in [1.165, 1.54) is 75.8 Å². The van der Waals surface area contributed by atoms with Crippen LogP contribution in [0.1, 0.15) is 0 Å². The molecule has 23 aromatic rings. The van der Waals surface area contributed by atoms with E-state index in [9.17, 15) is 0 Å². The predicted octanol–water partition coefficient (Wildman–Crippen LogP) is 31.1. The standard InChI is InChI=1S/C38H24N2O2.C38H24N2OS.C38H26N2O/c1-2-8-25(9-3-1)26-15-19-28(20-16-26)33-24-34(40-38(39-33)36-14-7-23-41-36)29-21-17-27(18-22-29)30-11-6-12-32-31-10-4-5-13-35(31)42-37(30)32;1-2-8-25(9-3-1)26-15-19-28(20-16-26)33-24-34(40-38(39-33)35-13-7-23-41-35)29-21-17-27(18-22-29)30-11-6-12-32-31-10-4-5-14-36(31)42-37(30)32;1-3-9-27(10-4-1)29-16-20-31(21-17-29)35-26-36(40-38(39-35)37-15-8-24-41-37)32-22-18-30(19-23-32)34-14-7-13-33(25-34)28-11-5-2-6-12-28/h2*1-24H;1-26H. The summed E-state index contributed by atoms with van der Waals surface area (Å²) in [4.78, 5) is 29.3. The van der Waals surface area contributed by atoms with Gasteiger partial charge in [0.25, 0.3) is 0 Å². The van der Waals surface area contributed by atoms with Crippen molar-refractivity contribution in [1.29, 1.82) is 0 Å². The van der Waals surface area contributed by atoms with E-state index in [1.807, 2.05) is 96.3 Å². The number of hydrogen-bond acceptors (Lipinski definition) is 11. The number of aromatic nitrogens is 6. The van der Waals surface area contributed by atoms with Crippen molar-refractivity contribution in [2.75, 3.05) is 0 Å². The van der Waals surface area contributed by atoms with Gasteiger partial charge in [0.05, 0.1) is 53.0 Å². The zero-order valence-electron chi connectivity index (χ0n) is 67.4. The Balaban J connectivity index is 0.000000115. The summed E-state index contributed by atoms with van der Waals surface area (Å²) in [5.41, 5.74) is 29.3. The van der Waals surface area contributed by atoms with Gasteiger partial charge in [-0.05, 0) is 145 Å². The lowest BCUT2D eigenvalue weighted by Gasteiger charge is -2.10. The van der Waals surface area contributed by atoms with Crippen molar-refractivity contribution in [3.63, 3.8) is 0 Å². The molecule has 0 aliphatic carbocycles. The Morgan fingerprint density at radius 2 is 0.464 bits per heavy atom. The molecule has 0 unspecified atom stereocenters. The van der Waals surface area contributed by atoms with Crippen LogP contribution in [0, 0.1) is 0 Å². The number of furan rings is 4. The smallest absolute Gasteiger partial charge is 0.196 e. The predicted molar refractivity (Wildman–Crippen MR) is 510 cm³/mol. The van der Waals surface area contributed by atoms with Gasteiger partial charge in [0.2, 0.25) is 0 Å². The molecule has 0 N–H and O–H groups in total. The van der Waals surface area contributed by atoms with Crippen LogP contribution in [-0.4, -0.2) is 29.9 Å². The number of fused-ring (bicyclic) bond motifs is 6. The fourth-order valence-corrected chi connectivity index (χ4v) is 17.3. The first kappa shape index (κ1) is 75.8. The molecule has 0 saturated heterocycles. The molecule has 0 spiro atoms. The minimum absolute atomic E-state index is 0.552. The van der Waals surface area contributed by atoms with Gasteiger partial charge in [-0.3, -0.25) is 0 Å². The van der Waals surface area contributed by atoms with E-state index in [2.05, 4.69) is 346 Å². The molecule has 15 aromatic carbocycles. The van der Waals surface area contributed by atoms with Crippen molar-refractivity contribution in [2.24, 2.45) is 0 Å². The van der Waals surface area contributed by atoms with E-state index in [1.54, 1.807) is 18.8 Å². The van der Waals surface area contributed by atoms with Crippen molar-refractivity contribution in [3.05, 3.63) is 450 Å². The van der Waals surface area contributed by atoms with Crippen LogP contribution in [0.3, 0.4) is 0 Å². The quantitative estimate of drug-likeness (QED) is 0.0922. The first-order valence-electron chi connectivity index (χ1n) is 41.5. The average molecular weight is 1620 g/mol. The van der Waals surface area contributed by atoms with Gasteiger partial charge in [0.15, 0.2) is 34.8 Å². The maximum atomic E-state index is 6.28. The highest BCUT2D eigenvalue weighted by Gasteiger charge is 2.20. The zero-order valence-corrected chi connectivity index (χ0v) is 68.3. The van der Waals surface area contributed by atoms with Gasteiger partial charge < -0.3 is 17.7 Å². The second kappa shape index (κ2) is 34.3. The number of thiophene rings is 1. The summed E-state index contributed by atoms with van der Waals surface area (Å²) >= 11 is 1.85. The second-order valence-electron chi connectivity index (χ2n) is 30.4. The highest BCUT2D eigenvalue weighted by Crippen LogP contribution is 2.43. The van der Waals surface area contributed by atoms with Gasteiger partial charge in [-0.1, -0.05) is 358 Å². The molecule has 0 saturated carbocycles. The summed E-state index contributed by atoms with van der Waals surface area (Å²) in [6.07, 6.45) is 4.95. The molecule has 0 radical (unpaired) electrons. The van der Waals surface area contributed by atoms with Crippen molar-refractivity contribution < 1.29 is 17.7 Å². The maximum Gasteiger partial charge on any atom is 0.196 e. The molecule has 125 heavy (non-hydrogen) atoms. The molecule has 0 aliphatic heterocycles. The molecule has 0 bridgehead atoms. The fraction of sp³-hybridized carbons (Fsp3) is 0. The highest BCUT2D eigenvalue weighted by molar-refractivity contribution is 7.26. The number of para-hydroxylation sites is 2. The summed E-state index contributed by atoms with van der Waals surface area (Å²) in [6, 6.07) is 149. The summed E-state index contributed by atoms with van der Waals surface area (Å²) in [7, 11) is 0. The first-order chi connectivity index (χ1) is 61.9. The van der Waals surface area contributed by atoms with Crippen LogP contribution in [-0.2, 0) is 0 Å². The molecule has 0 aliphatic rings. The lowest BCUT2D eigenvalue weighted by atomic mass is 9.98. The summed E-state index contributed by atoms with van der Waals surface area (Å²) in [5, 5.41) is 4.86. The molecule has 10 nitrogen and oxygen atoms in total. The SMILES string of the molecule is c1ccc(-c2ccc(-c3cc(-c4ccc(-c5cccc(-c6ccccc6)c5)cc4)nc(-c4ccco4)n3)cc2)cc1.c1ccc(-c2ccc(-c3cc(-c4ccc(-c5cccc6c5oc5ccccc56)cc4)nc(-c4ccco4)n3)cc2)cc1.c1ccc(-c2ccc(-c3cc(-c4ccc(-c5cccc6c5sc5ccccc56)cc4)nc(-c4ccco4)n3)cc2)cc1. The lowest BCUT2D eigenvalue weighted by Crippen LogP contribution is -1.95. The van der Waals surface area contributed by atoms with E-state index >= 15 is 0 Å². The topological polar surface area (TPSA) is 130 Å². The monoisotopic (exact) mass is 1620 g/mol. The molecule has 0 amide bonds. The molecular formula is C114H74N6O4S. The van der Waals surface area contributed by atoms with Crippen LogP contribution in [0.2, 0.25) is 0 Å². The average Bonchev–Trinajstić information content (AvgIpc) is 1.54. The van der Waals surface area contributed by atoms with Crippen LogP contribution >= 0.6 is 11.3 Å². The highest BCUT2D eigenvalue weighted by atomic mass is 32.1. The van der Waals surface area contributed by atoms with E-state index < -0.39 is 0 Å². The number of benzene rings is 15. The zero-order chi connectivity index (χ0) is 83.2. The van der Waals surface area contributed by atoms with Crippen LogP contribution < -0.4 is 0 Å². The van der Waals surface area contributed by atoms with E-state index in [0.29, 0.717) is 34.8 Å². The fourth-order valence-electron chi connectivity index (χ4n) is 16.1. The van der Waals surface area contributed by atoms with Crippen LogP contribution in [0.15, 0.2) is 467 Å². The van der Waals surface area contributed by atoms with Crippen LogP contribution in [0.5, 0.6) is 0 Å². The lowest BCUT2D eigenvalue weighted by molar-refractivity contribution is 0.577. The Kier molecular flexibility index (Phi) is 20.8. The van der Waals surface area contributed by atoms with Gasteiger partial charge >= 0.3 is 0 Å². The summed E-state index contributed by atoms with van der Waals surface area (Å²) in [5.74, 6) is 3.60. The molecule has 8 heterocycles. The third-order valence-corrected chi connectivity index (χ3v) is 23.8. The minimum Gasteiger partial charge on any atom is -0.461 e. The van der Waals surface area contributed by atoms with Crippen molar-refractivity contribution in [1.82, 2.24) is 29.9 Å². The third kappa shape index (κ3) is 16.1. The molecule has 0 fully saturated rings. The molecular weight excluding hydrogens is 1550 g/mol. The van der Waals surface area contributed by atoms with Crippen molar-refractivity contribution in [3.8, 4) is 180 Å². The Bertz CT molecular complexity index is 7360.